The molecule has 1 amide bonds. The van der Waals surface area contributed by atoms with E-state index in [-0.39, 0.29) is 10.9 Å². The van der Waals surface area contributed by atoms with Crippen LogP contribution in [0.1, 0.15) is 38.8 Å². The van der Waals surface area contributed by atoms with Crippen LogP contribution in [0.5, 0.6) is 0 Å². The molecule has 4 heteroatoms. The molecule has 0 atom stereocenters. The smallest absolute Gasteiger partial charge is 0.236 e. The van der Waals surface area contributed by atoms with Gasteiger partial charge < -0.3 is 11.1 Å². The van der Waals surface area contributed by atoms with Crippen molar-refractivity contribution in [3.63, 3.8) is 0 Å². The van der Waals surface area contributed by atoms with E-state index in [9.17, 15) is 4.79 Å². The number of anilines is 1. The monoisotopic (exact) mass is 278 g/mol. The van der Waals surface area contributed by atoms with Crippen molar-refractivity contribution in [1.82, 2.24) is 0 Å². The number of hydrogen-bond donors (Lipinski definition) is 2. The summed E-state index contributed by atoms with van der Waals surface area (Å²) >= 11 is 4.96. The number of carbonyl (C=O) groups is 1. The maximum Gasteiger partial charge on any atom is 0.236 e. The molecule has 0 saturated carbocycles. The molecule has 0 bridgehead atoms. The van der Waals surface area contributed by atoms with Crippen molar-refractivity contribution in [1.29, 1.82) is 0 Å². The number of carbonyl (C=O) groups excluding carboxylic acids is 1. The summed E-state index contributed by atoms with van der Waals surface area (Å²) in [5.74, 6) is -0.157. The molecule has 0 fully saturated rings. The number of thiocarbonyl (C=S) groups is 1. The number of benzene rings is 1. The molecule has 1 aromatic carbocycles. The first-order chi connectivity index (χ1) is 8.84. The van der Waals surface area contributed by atoms with Gasteiger partial charge in [0.2, 0.25) is 5.91 Å². The topological polar surface area (TPSA) is 55.1 Å². The fourth-order valence-corrected chi connectivity index (χ4v) is 1.88. The Morgan fingerprint density at radius 3 is 2.11 bits per heavy atom. The van der Waals surface area contributed by atoms with Gasteiger partial charge >= 0.3 is 0 Å². The van der Waals surface area contributed by atoms with E-state index in [0.717, 1.165) is 29.7 Å². The van der Waals surface area contributed by atoms with Gasteiger partial charge in [-0.25, -0.2) is 0 Å². The standard InChI is InChI=1S/C15H22N2OS/c1-5-10-8-7-9-11(6-2)12(10)17-14(18)15(3,4)13(16)19/h7-9H,5-6H2,1-4H3,(H2,16,19)(H,17,18). The fraction of sp³-hybridized carbons (Fsp3) is 0.467. The van der Waals surface area contributed by atoms with Crippen LogP contribution in [0.15, 0.2) is 18.2 Å². The van der Waals surface area contributed by atoms with E-state index in [2.05, 4.69) is 19.2 Å². The fourth-order valence-electron chi connectivity index (χ4n) is 1.78. The van der Waals surface area contributed by atoms with Crippen LogP contribution in [0.25, 0.3) is 0 Å². The second kappa shape index (κ2) is 6.15. The lowest BCUT2D eigenvalue weighted by Crippen LogP contribution is -2.41. The number of rotatable bonds is 5. The summed E-state index contributed by atoms with van der Waals surface area (Å²) in [6.07, 6.45) is 1.74. The van der Waals surface area contributed by atoms with Gasteiger partial charge in [-0.15, -0.1) is 0 Å². The molecule has 3 N–H and O–H groups in total. The molecule has 0 heterocycles. The summed E-state index contributed by atoms with van der Waals surface area (Å²) in [6.45, 7) is 7.63. The summed E-state index contributed by atoms with van der Waals surface area (Å²) in [7, 11) is 0. The van der Waals surface area contributed by atoms with E-state index in [0.29, 0.717) is 0 Å². The average Bonchev–Trinajstić information content (AvgIpc) is 2.38. The van der Waals surface area contributed by atoms with Gasteiger partial charge in [0.25, 0.3) is 0 Å². The highest BCUT2D eigenvalue weighted by Crippen LogP contribution is 2.25. The second-order valence-corrected chi connectivity index (χ2v) is 5.54. The number of nitrogens with two attached hydrogens (primary N) is 1. The third-order valence-electron chi connectivity index (χ3n) is 3.42. The quantitative estimate of drug-likeness (QED) is 0.814. The highest BCUT2D eigenvalue weighted by Gasteiger charge is 2.31. The van der Waals surface area contributed by atoms with Gasteiger partial charge in [-0.2, -0.15) is 0 Å². The van der Waals surface area contributed by atoms with Crippen LogP contribution < -0.4 is 11.1 Å². The maximum atomic E-state index is 12.3. The maximum absolute atomic E-state index is 12.3. The Kier molecular flexibility index (Phi) is 5.06. The highest BCUT2D eigenvalue weighted by molar-refractivity contribution is 7.80. The molecule has 104 valence electrons. The lowest BCUT2D eigenvalue weighted by Gasteiger charge is -2.24. The van der Waals surface area contributed by atoms with E-state index in [1.54, 1.807) is 13.8 Å². The lowest BCUT2D eigenvalue weighted by atomic mass is 9.91. The molecule has 0 unspecified atom stereocenters. The minimum absolute atomic E-state index is 0.157. The Morgan fingerprint density at radius 2 is 1.74 bits per heavy atom. The molecular weight excluding hydrogens is 256 g/mol. The average molecular weight is 278 g/mol. The molecule has 0 aromatic heterocycles. The van der Waals surface area contributed by atoms with Gasteiger partial charge in [0, 0.05) is 5.69 Å². The summed E-state index contributed by atoms with van der Waals surface area (Å²) in [4.78, 5) is 12.5. The van der Waals surface area contributed by atoms with E-state index in [4.69, 9.17) is 18.0 Å². The third kappa shape index (κ3) is 3.32. The van der Waals surface area contributed by atoms with Crippen LogP contribution in [-0.2, 0) is 17.6 Å². The number of para-hydroxylation sites is 1. The van der Waals surface area contributed by atoms with Crippen LogP contribution in [0.3, 0.4) is 0 Å². The van der Waals surface area contributed by atoms with Gasteiger partial charge in [-0.3, -0.25) is 4.79 Å². The SMILES string of the molecule is CCc1cccc(CC)c1NC(=O)C(C)(C)C(N)=S. The van der Waals surface area contributed by atoms with E-state index < -0.39 is 5.41 Å². The highest BCUT2D eigenvalue weighted by atomic mass is 32.1. The van der Waals surface area contributed by atoms with Crippen LogP contribution in [0.2, 0.25) is 0 Å². The molecule has 0 saturated heterocycles. The number of amides is 1. The Bertz CT molecular complexity index is 473. The Balaban J connectivity index is 3.12. The van der Waals surface area contributed by atoms with Crippen molar-refractivity contribution in [3.05, 3.63) is 29.3 Å². The van der Waals surface area contributed by atoms with Crippen LogP contribution in [0, 0.1) is 5.41 Å². The van der Waals surface area contributed by atoms with Crippen molar-refractivity contribution in [2.24, 2.45) is 11.1 Å². The van der Waals surface area contributed by atoms with E-state index in [1.807, 2.05) is 18.2 Å². The summed E-state index contributed by atoms with van der Waals surface area (Å²) in [5.41, 5.74) is 7.96. The molecule has 0 aliphatic heterocycles. The van der Waals surface area contributed by atoms with Crippen molar-refractivity contribution < 1.29 is 4.79 Å². The normalized spacial score (nSPS) is 11.2. The number of hydrogen-bond acceptors (Lipinski definition) is 2. The third-order valence-corrected chi connectivity index (χ3v) is 3.93. The zero-order chi connectivity index (χ0) is 14.6. The first kappa shape index (κ1) is 15.6. The molecule has 1 rings (SSSR count). The zero-order valence-corrected chi connectivity index (χ0v) is 12.9. The predicted octanol–water partition coefficient (Wildman–Crippen LogP) is 3.06. The first-order valence-electron chi connectivity index (χ1n) is 6.56. The van der Waals surface area contributed by atoms with Crippen molar-refractivity contribution in [2.45, 2.75) is 40.5 Å². The minimum atomic E-state index is -0.846. The predicted molar refractivity (Wildman–Crippen MR) is 84.4 cm³/mol. The van der Waals surface area contributed by atoms with Crippen molar-refractivity contribution >= 4 is 28.8 Å². The van der Waals surface area contributed by atoms with Gasteiger partial charge in [0.1, 0.15) is 0 Å². The summed E-state index contributed by atoms with van der Waals surface area (Å²) in [6, 6.07) is 6.08. The van der Waals surface area contributed by atoms with Crippen LogP contribution in [-0.4, -0.2) is 10.9 Å². The largest absolute Gasteiger partial charge is 0.392 e. The molecule has 0 spiro atoms. The number of nitrogens with one attached hydrogen (secondary N) is 1. The lowest BCUT2D eigenvalue weighted by molar-refractivity contribution is -0.121. The Labute approximate surface area is 120 Å². The van der Waals surface area contributed by atoms with Gasteiger partial charge in [0.05, 0.1) is 10.4 Å². The Hall–Kier alpha value is -1.42. The molecule has 0 aliphatic rings. The molecule has 0 aliphatic carbocycles. The van der Waals surface area contributed by atoms with E-state index >= 15 is 0 Å². The van der Waals surface area contributed by atoms with Crippen molar-refractivity contribution in [2.75, 3.05) is 5.32 Å². The molecular formula is C15H22N2OS. The van der Waals surface area contributed by atoms with Gasteiger partial charge in [-0.05, 0) is 37.8 Å². The summed E-state index contributed by atoms with van der Waals surface area (Å²) in [5, 5.41) is 3.00. The van der Waals surface area contributed by atoms with Crippen molar-refractivity contribution in [3.8, 4) is 0 Å². The summed E-state index contributed by atoms with van der Waals surface area (Å²) < 4.78 is 0. The Morgan fingerprint density at radius 1 is 1.26 bits per heavy atom. The second-order valence-electron chi connectivity index (χ2n) is 5.10. The van der Waals surface area contributed by atoms with Crippen LogP contribution in [0.4, 0.5) is 5.69 Å². The van der Waals surface area contributed by atoms with E-state index in [1.165, 1.54) is 0 Å². The molecule has 0 radical (unpaired) electrons. The minimum Gasteiger partial charge on any atom is -0.392 e. The first-order valence-corrected chi connectivity index (χ1v) is 6.97. The van der Waals surface area contributed by atoms with Gasteiger partial charge in [-0.1, -0.05) is 44.3 Å². The molecule has 3 nitrogen and oxygen atoms in total. The molecule has 19 heavy (non-hydrogen) atoms. The number of aryl methyl sites for hydroxylation is 2. The van der Waals surface area contributed by atoms with Gasteiger partial charge in [0.15, 0.2) is 0 Å². The molecule has 1 aromatic rings. The zero-order valence-electron chi connectivity index (χ0n) is 12.0. The van der Waals surface area contributed by atoms with Crippen LogP contribution >= 0.6 is 12.2 Å².